The van der Waals surface area contributed by atoms with E-state index in [1.165, 1.54) is 6.92 Å². The van der Waals surface area contributed by atoms with Gasteiger partial charge in [-0.15, -0.1) is 0 Å². The lowest BCUT2D eigenvalue weighted by atomic mass is 10.1. The van der Waals surface area contributed by atoms with Gasteiger partial charge < -0.3 is 15.2 Å². The first-order chi connectivity index (χ1) is 8.13. The van der Waals surface area contributed by atoms with Gasteiger partial charge in [0, 0.05) is 11.3 Å². The van der Waals surface area contributed by atoms with Crippen LogP contribution in [-0.4, -0.2) is 36.6 Å². The van der Waals surface area contributed by atoms with Crippen molar-refractivity contribution in [3.8, 4) is 0 Å². The lowest BCUT2D eigenvalue weighted by Gasteiger charge is -2.06. The number of aliphatic hydroxyl groups excluding tert-OH is 1. The molecule has 2 N–H and O–H groups in total. The molecule has 1 aromatic carbocycles. The minimum absolute atomic E-state index is 0.0578. The molecule has 5 heteroatoms. The molecular weight excluding hydrogens is 222 g/mol. The predicted molar refractivity (Wildman–Crippen MR) is 63.0 cm³/mol. The molecular formula is C12H15NO4. The third-order valence-electron chi connectivity index (χ3n) is 2.02. The fourth-order valence-electron chi connectivity index (χ4n) is 1.24. The Bertz CT molecular complexity index is 403. The summed E-state index contributed by atoms with van der Waals surface area (Å²) in [5, 5.41) is 11.1. The van der Waals surface area contributed by atoms with E-state index in [1.807, 2.05) is 0 Å². The third kappa shape index (κ3) is 4.76. The first-order valence-electron chi connectivity index (χ1n) is 5.23. The van der Waals surface area contributed by atoms with Crippen molar-refractivity contribution in [2.75, 3.05) is 25.1 Å². The lowest BCUT2D eigenvalue weighted by molar-refractivity contribution is -0.120. The largest absolute Gasteiger partial charge is 0.394 e. The van der Waals surface area contributed by atoms with Gasteiger partial charge in [-0.1, -0.05) is 12.1 Å². The van der Waals surface area contributed by atoms with Gasteiger partial charge in [-0.3, -0.25) is 9.59 Å². The van der Waals surface area contributed by atoms with Crippen LogP contribution in [0, 0.1) is 0 Å². The number of rotatable bonds is 6. The van der Waals surface area contributed by atoms with Gasteiger partial charge in [-0.05, 0) is 19.1 Å². The van der Waals surface area contributed by atoms with Crippen LogP contribution in [0.1, 0.15) is 17.3 Å². The molecule has 0 atom stereocenters. The maximum Gasteiger partial charge on any atom is 0.250 e. The number of hydrogen-bond donors (Lipinski definition) is 2. The lowest BCUT2D eigenvalue weighted by Crippen LogP contribution is -2.19. The number of hydrogen-bond acceptors (Lipinski definition) is 4. The Labute approximate surface area is 99.4 Å². The first kappa shape index (κ1) is 13.3. The van der Waals surface area contributed by atoms with E-state index in [0.717, 1.165) is 0 Å². The topological polar surface area (TPSA) is 75.6 Å². The van der Waals surface area contributed by atoms with Crippen molar-refractivity contribution in [1.29, 1.82) is 0 Å². The molecule has 0 unspecified atom stereocenters. The molecule has 1 rings (SSSR count). The molecule has 0 aromatic heterocycles. The summed E-state index contributed by atoms with van der Waals surface area (Å²) in [5.74, 6) is -0.378. The Kier molecular flexibility index (Phi) is 5.32. The van der Waals surface area contributed by atoms with Gasteiger partial charge in [0.1, 0.15) is 6.61 Å². The molecule has 1 amide bonds. The minimum Gasteiger partial charge on any atom is -0.394 e. The van der Waals surface area contributed by atoms with Gasteiger partial charge in [-0.2, -0.15) is 0 Å². The van der Waals surface area contributed by atoms with Crippen molar-refractivity contribution >= 4 is 17.4 Å². The average Bonchev–Trinajstić information content (AvgIpc) is 2.29. The van der Waals surface area contributed by atoms with Crippen molar-refractivity contribution in [3.05, 3.63) is 29.8 Å². The number of benzene rings is 1. The van der Waals surface area contributed by atoms with Crippen LogP contribution in [0.2, 0.25) is 0 Å². The van der Waals surface area contributed by atoms with Gasteiger partial charge in [0.15, 0.2) is 5.78 Å². The smallest absolute Gasteiger partial charge is 0.250 e. The van der Waals surface area contributed by atoms with Crippen LogP contribution in [0.5, 0.6) is 0 Å². The van der Waals surface area contributed by atoms with E-state index in [-0.39, 0.29) is 31.5 Å². The van der Waals surface area contributed by atoms with Crippen LogP contribution in [0.4, 0.5) is 5.69 Å². The zero-order chi connectivity index (χ0) is 12.7. The summed E-state index contributed by atoms with van der Waals surface area (Å²) >= 11 is 0. The summed E-state index contributed by atoms with van der Waals surface area (Å²) in [7, 11) is 0. The highest BCUT2D eigenvalue weighted by molar-refractivity contribution is 5.97. The highest BCUT2D eigenvalue weighted by Crippen LogP contribution is 2.10. The molecule has 0 aliphatic rings. The number of anilines is 1. The van der Waals surface area contributed by atoms with Crippen molar-refractivity contribution in [2.45, 2.75) is 6.92 Å². The number of nitrogens with one attached hydrogen (secondary N) is 1. The van der Waals surface area contributed by atoms with E-state index < -0.39 is 0 Å². The van der Waals surface area contributed by atoms with E-state index >= 15 is 0 Å². The molecule has 0 spiro atoms. The molecule has 0 radical (unpaired) electrons. The summed E-state index contributed by atoms with van der Waals surface area (Å²) in [6.07, 6.45) is 0. The summed E-state index contributed by atoms with van der Waals surface area (Å²) in [6.45, 7) is 1.35. The fraction of sp³-hybridized carbons (Fsp3) is 0.333. The number of carbonyl (C=O) groups excluding carboxylic acids is 2. The second-order valence-corrected chi connectivity index (χ2v) is 3.46. The first-order valence-corrected chi connectivity index (χ1v) is 5.23. The van der Waals surface area contributed by atoms with Gasteiger partial charge in [0.2, 0.25) is 5.91 Å². The number of amides is 1. The molecule has 92 valence electrons. The monoisotopic (exact) mass is 237 g/mol. The molecule has 0 saturated carbocycles. The van der Waals surface area contributed by atoms with Crippen LogP contribution in [0.3, 0.4) is 0 Å². The zero-order valence-corrected chi connectivity index (χ0v) is 9.60. The summed E-state index contributed by atoms with van der Waals surface area (Å²) < 4.78 is 4.87. The van der Waals surface area contributed by atoms with Gasteiger partial charge >= 0.3 is 0 Å². The fourth-order valence-corrected chi connectivity index (χ4v) is 1.24. The molecule has 0 aliphatic carbocycles. The molecule has 0 bridgehead atoms. The maximum absolute atomic E-state index is 11.4. The Hall–Kier alpha value is -1.72. The Morgan fingerprint density at radius 2 is 2.18 bits per heavy atom. The molecule has 0 fully saturated rings. The molecule has 17 heavy (non-hydrogen) atoms. The molecule has 0 heterocycles. The van der Waals surface area contributed by atoms with Crippen molar-refractivity contribution in [1.82, 2.24) is 0 Å². The Morgan fingerprint density at radius 3 is 2.82 bits per heavy atom. The van der Waals surface area contributed by atoms with Crippen LogP contribution in [0.15, 0.2) is 24.3 Å². The quantitative estimate of drug-likeness (QED) is 0.567. The zero-order valence-electron chi connectivity index (χ0n) is 9.60. The molecule has 1 aromatic rings. The van der Waals surface area contributed by atoms with Crippen LogP contribution in [-0.2, 0) is 9.53 Å². The van der Waals surface area contributed by atoms with E-state index in [2.05, 4.69) is 5.32 Å². The molecule has 5 nitrogen and oxygen atoms in total. The summed E-state index contributed by atoms with van der Waals surface area (Å²) in [6, 6.07) is 6.67. The minimum atomic E-state index is -0.320. The van der Waals surface area contributed by atoms with Crippen molar-refractivity contribution in [2.24, 2.45) is 0 Å². The van der Waals surface area contributed by atoms with Crippen molar-refractivity contribution in [3.63, 3.8) is 0 Å². The average molecular weight is 237 g/mol. The van der Waals surface area contributed by atoms with Gasteiger partial charge in [0.05, 0.1) is 13.2 Å². The number of carbonyl (C=O) groups is 2. The number of Topliss-reactive ketones (excluding diaryl/α,β-unsaturated/α-hetero) is 1. The molecule has 0 aliphatic heterocycles. The predicted octanol–water partition coefficient (Wildman–Crippen LogP) is 0.837. The SMILES string of the molecule is CC(=O)c1cccc(NC(=O)COCCO)c1. The number of ether oxygens (including phenoxy) is 1. The maximum atomic E-state index is 11.4. The Balaban J connectivity index is 2.53. The van der Waals surface area contributed by atoms with E-state index in [1.54, 1.807) is 24.3 Å². The van der Waals surface area contributed by atoms with Crippen LogP contribution >= 0.6 is 0 Å². The third-order valence-corrected chi connectivity index (χ3v) is 2.02. The summed E-state index contributed by atoms with van der Waals surface area (Å²) in [5.41, 5.74) is 1.09. The second-order valence-electron chi connectivity index (χ2n) is 3.46. The summed E-state index contributed by atoms with van der Waals surface area (Å²) in [4.78, 5) is 22.5. The number of aliphatic hydroxyl groups is 1. The number of ketones is 1. The normalized spacial score (nSPS) is 10.0. The van der Waals surface area contributed by atoms with Gasteiger partial charge in [0.25, 0.3) is 0 Å². The van der Waals surface area contributed by atoms with Crippen LogP contribution in [0.25, 0.3) is 0 Å². The standard InChI is InChI=1S/C12H15NO4/c1-9(15)10-3-2-4-11(7-10)13-12(16)8-17-6-5-14/h2-4,7,14H,5-6,8H2,1H3,(H,13,16). The van der Waals surface area contributed by atoms with Crippen LogP contribution < -0.4 is 5.32 Å². The highest BCUT2D eigenvalue weighted by atomic mass is 16.5. The van der Waals surface area contributed by atoms with E-state index in [4.69, 9.17) is 9.84 Å². The van der Waals surface area contributed by atoms with Crippen molar-refractivity contribution < 1.29 is 19.4 Å². The molecule has 0 saturated heterocycles. The van der Waals surface area contributed by atoms with E-state index in [0.29, 0.717) is 11.3 Å². The Morgan fingerprint density at radius 1 is 1.41 bits per heavy atom. The highest BCUT2D eigenvalue weighted by Gasteiger charge is 2.04. The van der Waals surface area contributed by atoms with E-state index in [9.17, 15) is 9.59 Å². The van der Waals surface area contributed by atoms with Gasteiger partial charge in [-0.25, -0.2) is 0 Å². The second kappa shape index (κ2) is 6.78.